The van der Waals surface area contributed by atoms with E-state index in [1.54, 1.807) is 7.11 Å². The van der Waals surface area contributed by atoms with Crippen LogP contribution >= 0.6 is 0 Å². The molecular formula is C31H40O2. The standard InChI is InChI=1S/C31H40O2/c1-4-5-6-7-8-9-10-13-24-33-25(2)26-16-18-27(19-17-26)30-14-11-12-15-31(30)28-20-22-29(32-3)23-21-28/h11-12,14-23,25H,4-10,13,24H2,1-3H3. The summed E-state index contributed by atoms with van der Waals surface area (Å²) < 4.78 is 11.4. The molecule has 0 amide bonds. The lowest BCUT2D eigenvalue weighted by Gasteiger charge is -2.15. The van der Waals surface area contributed by atoms with E-state index in [-0.39, 0.29) is 6.10 Å². The van der Waals surface area contributed by atoms with Crippen LogP contribution in [-0.2, 0) is 4.74 Å². The second kappa shape index (κ2) is 13.9. The Balaban J connectivity index is 1.53. The summed E-state index contributed by atoms with van der Waals surface area (Å²) in [5.74, 6) is 0.876. The third-order valence-corrected chi connectivity index (χ3v) is 6.38. The van der Waals surface area contributed by atoms with Crippen molar-refractivity contribution in [2.24, 2.45) is 0 Å². The van der Waals surface area contributed by atoms with Gasteiger partial charge in [0.25, 0.3) is 0 Å². The van der Waals surface area contributed by atoms with E-state index in [4.69, 9.17) is 9.47 Å². The second-order valence-corrected chi connectivity index (χ2v) is 8.88. The Bertz CT molecular complexity index is 928. The van der Waals surface area contributed by atoms with Crippen molar-refractivity contribution in [3.05, 3.63) is 78.4 Å². The minimum Gasteiger partial charge on any atom is -0.497 e. The van der Waals surface area contributed by atoms with Gasteiger partial charge in [-0.25, -0.2) is 0 Å². The van der Waals surface area contributed by atoms with Gasteiger partial charge < -0.3 is 9.47 Å². The molecule has 0 bridgehead atoms. The van der Waals surface area contributed by atoms with Crippen LogP contribution in [0, 0.1) is 0 Å². The first-order valence-corrected chi connectivity index (χ1v) is 12.7. The molecular weight excluding hydrogens is 404 g/mol. The Morgan fingerprint density at radius 3 is 1.70 bits per heavy atom. The molecule has 1 unspecified atom stereocenters. The number of hydrogen-bond donors (Lipinski definition) is 0. The Morgan fingerprint density at radius 1 is 0.636 bits per heavy atom. The molecule has 3 rings (SSSR count). The van der Waals surface area contributed by atoms with Crippen molar-refractivity contribution in [3.63, 3.8) is 0 Å². The summed E-state index contributed by atoms with van der Waals surface area (Å²) in [6.45, 7) is 5.27. The van der Waals surface area contributed by atoms with Gasteiger partial charge in [-0.05, 0) is 53.3 Å². The summed E-state index contributed by atoms with van der Waals surface area (Å²) >= 11 is 0. The highest BCUT2D eigenvalue weighted by atomic mass is 16.5. The molecule has 0 N–H and O–H groups in total. The molecule has 33 heavy (non-hydrogen) atoms. The molecule has 2 nitrogen and oxygen atoms in total. The first-order valence-electron chi connectivity index (χ1n) is 12.7. The van der Waals surface area contributed by atoms with E-state index in [0.29, 0.717) is 0 Å². The van der Waals surface area contributed by atoms with Crippen molar-refractivity contribution >= 4 is 0 Å². The first-order chi connectivity index (χ1) is 16.2. The Morgan fingerprint density at radius 2 is 1.15 bits per heavy atom. The lowest BCUT2D eigenvalue weighted by molar-refractivity contribution is 0.0627. The van der Waals surface area contributed by atoms with Gasteiger partial charge in [-0.1, -0.05) is 113 Å². The summed E-state index contributed by atoms with van der Waals surface area (Å²) in [6, 6.07) is 25.7. The fraction of sp³-hybridized carbons (Fsp3) is 0.419. The minimum atomic E-state index is 0.125. The van der Waals surface area contributed by atoms with E-state index < -0.39 is 0 Å². The number of benzene rings is 3. The molecule has 0 saturated carbocycles. The van der Waals surface area contributed by atoms with Gasteiger partial charge in [0.05, 0.1) is 13.2 Å². The zero-order valence-corrected chi connectivity index (χ0v) is 20.7. The Kier molecular flexibility index (Phi) is 10.5. The van der Waals surface area contributed by atoms with Gasteiger partial charge in [-0.15, -0.1) is 0 Å². The molecule has 0 aliphatic heterocycles. The van der Waals surface area contributed by atoms with Crippen LogP contribution in [0.15, 0.2) is 72.8 Å². The number of unbranched alkanes of at least 4 members (excludes halogenated alkanes) is 7. The highest BCUT2D eigenvalue weighted by Gasteiger charge is 2.10. The van der Waals surface area contributed by atoms with Crippen molar-refractivity contribution in [1.29, 1.82) is 0 Å². The third-order valence-electron chi connectivity index (χ3n) is 6.38. The average molecular weight is 445 g/mol. The molecule has 0 aliphatic carbocycles. The highest BCUT2D eigenvalue weighted by Crippen LogP contribution is 2.33. The van der Waals surface area contributed by atoms with Gasteiger partial charge in [0, 0.05) is 6.61 Å². The number of ether oxygens (including phenoxy) is 2. The van der Waals surface area contributed by atoms with Crippen molar-refractivity contribution in [2.45, 2.75) is 71.3 Å². The van der Waals surface area contributed by atoms with Crippen molar-refractivity contribution in [2.75, 3.05) is 13.7 Å². The van der Waals surface area contributed by atoms with Crippen molar-refractivity contribution in [3.8, 4) is 28.0 Å². The zero-order chi connectivity index (χ0) is 23.3. The molecule has 0 saturated heterocycles. The molecule has 0 aliphatic rings. The molecule has 1 atom stereocenters. The van der Waals surface area contributed by atoms with Crippen LogP contribution in [0.25, 0.3) is 22.3 Å². The average Bonchev–Trinajstić information content (AvgIpc) is 2.88. The summed E-state index contributed by atoms with van der Waals surface area (Å²) in [4.78, 5) is 0. The minimum absolute atomic E-state index is 0.125. The summed E-state index contributed by atoms with van der Waals surface area (Å²) in [5.41, 5.74) is 6.12. The second-order valence-electron chi connectivity index (χ2n) is 8.88. The predicted octanol–water partition coefficient (Wildman–Crippen LogP) is 9.25. The molecule has 0 radical (unpaired) electrons. The van der Waals surface area contributed by atoms with E-state index in [2.05, 4.69) is 74.5 Å². The fourth-order valence-corrected chi connectivity index (χ4v) is 4.28. The molecule has 3 aromatic rings. The van der Waals surface area contributed by atoms with Crippen LogP contribution < -0.4 is 4.74 Å². The topological polar surface area (TPSA) is 18.5 Å². The zero-order valence-electron chi connectivity index (χ0n) is 20.7. The Labute approximate surface area is 201 Å². The highest BCUT2D eigenvalue weighted by molar-refractivity contribution is 5.83. The third kappa shape index (κ3) is 7.75. The monoisotopic (exact) mass is 444 g/mol. The van der Waals surface area contributed by atoms with E-state index in [0.717, 1.165) is 18.8 Å². The fourth-order valence-electron chi connectivity index (χ4n) is 4.28. The number of rotatable bonds is 14. The van der Waals surface area contributed by atoms with Crippen LogP contribution in [0.5, 0.6) is 5.75 Å². The molecule has 0 spiro atoms. The molecule has 2 heteroatoms. The van der Waals surface area contributed by atoms with Gasteiger partial charge in [0.15, 0.2) is 0 Å². The molecule has 0 fully saturated rings. The van der Waals surface area contributed by atoms with Crippen LogP contribution in [0.3, 0.4) is 0 Å². The van der Waals surface area contributed by atoms with Gasteiger partial charge >= 0.3 is 0 Å². The molecule has 176 valence electrons. The normalized spacial score (nSPS) is 12.0. The molecule has 0 aromatic heterocycles. The van der Waals surface area contributed by atoms with Gasteiger partial charge in [0.2, 0.25) is 0 Å². The lowest BCUT2D eigenvalue weighted by atomic mass is 9.94. The first kappa shape index (κ1) is 25.1. The van der Waals surface area contributed by atoms with E-state index in [1.807, 2.05) is 12.1 Å². The number of methoxy groups -OCH3 is 1. The van der Waals surface area contributed by atoms with Gasteiger partial charge in [0.1, 0.15) is 5.75 Å². The van der Waals surface area contributed by atoms with E-state index in [1.165, 1.54) is 72.8 Å². The van der Waals surface area contributed by atoms with Gasteiger partial charge in [-0.3, -0.25) is 0 Å². The molecule has 0 heterocycles. The summed E-state index contributed by atoms with van der Waals surface area (Å²) in [5, 5.41) is 0. The van der Waals surface area contributed by atoms with Crippen LogP contribution in [-0.4, -0.2) is 13.7 Å². The van der Waals surface area contributed by atoms with E-state index >= 15 is 0 Å². The Hall–Kier alpha value is -2.58. The summed E-state index contributed by atoms with van der Waals surface area (Å²) in [7, 11) is 1.70. The number of hydrogen-bond acceptors (Lipinski definition) is 2. The maximum atomic E-state index is 6.12. The van der Waals surface area contributed by atoms with Gasteiger partial charge in [-0.2, -0.15) is 0 Å². The summed E-state index contributed by atoms with van der Waals surface area (Å²) in [6.07, 6.45) is 10.8. The lowest BCUT2D eigenvalue weighted by Crippen LogP contribution is -2.02. The SMILES string of the molecule is CCCCCCCCCCOC(C)c1ccc(-c2ccccc2-c2ccc(OC)cc2)cc1. The quantitative estimate of drug-likeness (QED) is 0.231. The van der Waals surface area contributed by atoms with Crippen LogP contribution in [0.4, 0.5) is 0 Å². The van der Waals surface area contributed by atoms with Crippen LogP contribution in [0.1, 0.15) is 76.9 Å². The molecule has 3 aromatic carbocycles. The maximum absolute atomic E-state index is 6.12. The van der Waals surface area contributed by atoms with Crippen molar-refractivity contribution < 1.29 is 9.47 Å². The smallest absolute Gasteiger partial charge is 0.118 e. The van der Waals surface area contributed by atoms with E-state index in [9.17, 15) is 0 Å². The largest absolute Gasteiger partial charge is 0.497 e. The maximum Gasteiger partial charge on any atom is 0.118 e. The predicted molar refractivity (Wildman–Crippen MR) is 141 cm³/mol. The van der Waals surface area contributed by atoms with Crippen molar-refractivity contribution in [1.82, 2.24) is 0 Å². The van der Waals surface area contributed by atoms with Crippen LogP contribution in [0.2, 0.25) is 0 Å².